The zero-order valence-electron chi connectivity index (χ0n) is 37.0. The van der Waals surface area contributed by atoms with E-state index in [0.717, 1.165) is 40.5 Å². The third-order valence-electron chi connectivity index (χ3n) is 13.2. The molecule has 0 spiro atoms. The minimum Gasteiger partial charge on any atom is -0.311 e. The molecule has 0 amide bonds. The third kappa shape index (κ3) is 7.65. The van der Waals surface area contributed by atoms with Crippen LogP contribution in [0.25, 0.3) is 65.3 Å². The lowest BCUT2D eigenvalue weighted by Crippen LogP contribution is -2.09. The molecular weight excluding hydrogens is 809 g/mol. The van der Waals surface area contributed by atoms with Crippen molar-refractivity contribution in [2.24, 2.45) is 0 Å². The number of nitrogens with zero attached hydrogens (tertiary/aromatic N) is 2. The topological polar surface area (TPSA) is 6.48 Å². The van der Waals surface area contributed by atoms with E-state index in [1.54, 1.807) is 0 Å². The number of rotatable bonds is 10. The van der Waals surface area contributed by atoms with Gasteiger partial charge in [-0.05, 0) is 168 Å². The Morgan fingerprint density at radius 2 is 0.567 bits per heavy atom. The molecule has 0 radical (unpaired) electrons. The second-order valence-corrected chi connectivity index (χ2v) is 17.3. The summed E-state index contributed by atoms with van der Waals surface area (Å²) < 4.78 is 0. The molecule has 0 saturated heterocycles. The van der Waals surface area contributed by atoms with Crippen LogP contribution in [0.15, 0.2) is 267 Å². The summed E-state index contributed by atoms with van der Waals surface area (Å²) in [5.74, 6) is 0. The molecule has 2 nitrogen and oxygen atoms in total. The Balaban J connectivity index is 1.02. The molecule has 0 heterocycles. The lowest BCUT2D eigenvalue weighted by Gasteiger charge is -2.26. The predicted molar refractivity (Wildman–Crippen MR) is 286 cm³/mol. The second kappa shape index (κ2) is 17.3. The van der Waals surface area contributed by atoms with E-state index in [4.69, 9.17) is 0 Å². The van der Waals surface area contributed by atoms with Gasteiger partial charge >= 0.3 is 0 Å². The largest absolute Gasteiger partial charge is 0.311 e. The van der Waals surface area contributed by atoms with E-state index >= 15 is 0 Å². The normalized spacial score (nSPS) is 11.3. The third-order valence-corrected chi connectivity index (χ3v) is 13.2. The van der Waals surface area contributed by atoms with Crippen LogP contribution < -0.4 is 9.80 Å². The van der Waals surface area contributed by atoms with Crippen LogP contribution in [-0.4, -0.2) is 0 Å². The highest BCUT2D eigenvalue weighted by molar-refractivity contribution is 6.21. The van der Waals surface area contributed by atoms with Crippen molar-refractivity contribution in [1.29, 1.82) is 0 Å². The summed E-state index contributed by atoms with van der Waals surface area (Å²) in [6, 6.07) is 97.2. The first-order valence-electron chi connectivity index (χ1n) is 23.1. The van der Waals surface area contributed by atoms with Gasteiger partial charge in [-0.25, -0.2) is 0 Å². The molecule has 0 aliphatic heterocycles. The summed E-state index contributed by atoms with van der Waals surface area (Å²) in [5.41, 5.74) is 14.1. The van der Waals surface area contributed by atoms with Crippen LogP contribution >= 0.6 is 0 Å². The second-order valence-electron chi connectivity index (χ2n) is 17.3. The summed E-state index contributed by atoms with van der Waals surface area (Å²) >= 11 is 0. The van der Waals surface area contributed by atoms with Crippen LogP contribution in [-0.2, 0) is 6.42 Å². The number of para-hydroxylation sites is 4. The van der Waals surface area contributed by atoms with Crippen LogP contribution in [0.2, 0.25) is 0 Å². The van der Waals surface area contributed by atoms with Gasteiger partial charge in [-0.2, -0.15) is 0 Å². The average molecular weight is 855 g/mol. The molecule has 0 aliphatic carbocycles. The number of fused-ring (bicyclic) bond motifs is 4. The lowest BCUT2D eigenvalue weighted by molar-refractivity contribution is 1.21. The summed E-state index contributed by atoms with van der Waals surface area (Å²) in [7, 11) is 0. The van der Waals surface area contributed by atoms with Gasteiger partial charge in [-0.15, -0.1) is 0 Å². The fraction of sp³-hybridized carbons (Fsp3) is 0.0154. The van der Waals surface area contributed by atoms with Gasteiger partial charge in [0.15, 0.2) is 0 Å². The van der Waals surface area contributed by atoms with Crippen LogP contribution in [0.5, 0.6) is 0 Å². The van der Waals surface area contributed by atoms with Crippen molar-refractivity contribution in [3.05, 3.63) is 278 Å². The molecule has 0 aliphatic rings. The predicted octanol–water partition coefficient (Wildman–Crippen LogP) is 18.2. The van der Waals surface area contributed by atoms with E-state index in [1.807, 2.05) is 0 Å². The number of benzene rings is 12. The van der Waals surface area contributed by atoms with Gasteiger partial charge in [0, 0.05) is 34.1 Å². The van der Waals surface area contributed by atoms with Crippen LogP contribution in [0.1, 0.15) is 11.1 Å². The van der Waals surface area contributed by atoms with E-state index in [-0.39, 0.29) is 0 Å². The van der Waals surface area contributed by atoms with Crippen LogP contribution in [0.3, 0.4) is 0 Å². The van der Waals surface area contributed by atoms with Gasteiger partial charge in [0.1, 0.15) is 0 Å². The Kier molecular flexibility index (Phi) is 10.3. The minimum absolute atomic E-state index is 0.825. The monoisotopic (exact) mass is 854 g/mol. The SMILES string of the molecule is c1ccc(N(c2ccccc2)c2ccc(-c3c4ccccc4c(-c4ccc(N(c5ccccc5)c5ccccc5)cc4)c4cc(Cc5ccc6cc7ccccc7cc6c5)ccc34)cc2)cc1. The smallest absolute Gasteiger partial charge is 0.0462 e. The molecule has 0 unspecified atom stereocenters. The molecule has 67 heavy (non-hydrogen) atoms. The Morgan fingerprint density at radius 1 is 0.224 bits per heavy atom. The highest BCUT2D eigenvalue weighted by Crippen LogP contribution is 2.46. The first-order valence-corrected chi connectivity index (χ1v) is 23.1. The maximum absolute atomic E-state index is 2.46. The zero-order chi connectivity index (χ0) is 44.5. The maximum atomic E-state index is 2.46. The van der Waals surface area contributed by atoms with E-state index in [2.05, 4.69) is 277 Å². The molecule has 0 bridgehead atoms. The van der Waals surface area contributed by atoms with Crippen molar-refractivity contribution in [3.63, 3.8) is 0 Å². The van der Waals surface area contributed by atoms with Gasteiger partial charge in [-0.1, -0.05) is 182 Å². The van der Waals surface area contributed by atoms with Crippen molar-refractivity contribution in [2.75, 3.05) is 9.80 Å². The van der Waals surface area contributed by atoms with Crippen molar-refractivity contribution >= 4 is 77.2 Å². The quantitative estimate of drug-likeness (QED) is 0.126. The maximum Gasteiger partial charge on any atom is 0.0462 e. The number of anilines is 6. The Labute approximate surface area is 391 Å². The number of hydrogen-bond donors (Lipinski definition) is 0. The molecule has 12 aromatic carbocycles. The highest BCUT2D eigenvalue weighted by Gasteiger charge is 2.20. The van der Waals surface area contributed by atoms with E-state index in [1.165, 1.54) is 76.5 Å². The van der Waals surface area contributed by atoms with E-state index in [0.29, 0.717) is 0 Å². The summed E-state index contributed by atoms with van der Waals surface area (Å²) in [5, 5.41) is 10.0. The van der Waals surface area contributed by atoms with Crippen molar-refractivity contribution in [3.8, 4) is 22.3 Å². The van der Waals surface area contributed by atoms with Crippen LogP contribution in [0.4, 0.5) is 34.1 Å². The number of hydrogen-bond acceptors (Lipinski definition) is 2. The Bertz CT molecular complexity index is 3600. The molecule has 0 aromatic heterocycles. The fourth-order valence-corrected chi connectivity index (χ4v) is 10.0. The summed E-state index contributed by atoms with van der Waals surface area (Å²) in [6.45, 7) is 0. The van der Waals surface area contributed by atoms with Gasteiger partial charge in [0.25, 0.3) is 0 Å². The van der Waals surface area contributed by atoms with E-state index in [9.17, 15) is 0 Å². The van der Waals surface area contributed by atoms with Crippen LogP contribution in [0, 0.1) is 0 Å². The first kappa shape index (κ1) is 39.8. The van der Waals surface area contributed by atoms with Gasteiger partial charge in [0.2, 0.25) is 0 Å². The molecule has 316 valence electrons. The molecule has 0 fully saturated rings. The molecule has 0 N–H and O–H groups in total. The first-order chi connectivity index (χ1) is 33.2. The molecule has 0 saturated carbocycles. The van der Waals surface area contributed by atoms with Gasteiger partial charge < -0.3 is 9.80 Å². The average Bonchev–Trinajstić information content (AvgIpc) is 3.39. The molecule has 2 heteroatoms. The summed E-state index contributed by atoms with van der Waals surface area (Å²) in [4.78, 5) is 4.65. The standard InChI is InChI=1S/C65H46N2/c1-5-19-54(20-6-1)66(55-21-7-2-8-22-55)58-36-32-48(33-37-58)64-60-27-15-16-28-61(60)65(49-34-38-59(39-35-49)67(56-23-9-3-10-24-56)57-25-11-4-12-26-57)63-43-47(30-40-62(63)64)41-46-29-31-52-44-50-17-13-14-18-51(50)45-53(52)42-46/h1-40,42-45H,41H2. The van der Waals surface area contributed by atoms with E-state index < -0.39 is 0 Å². The minimum atomic E-state index is 0.825. The molecule has 12 rings (SSSR count). The lowest BCUT2D eigenvalue weighted by atomic mass is 9.84. The molecular formula is C65H46N2. The van der Waals surface area contributed by atoms with Crippen molar-refractivity contribution < 1.29 is 0 Å². The molecule has 0 atom stereocenters. The molecule has 12 aromatic rings. The van der Waals surface area contributed by atoms with Gasteiger partial charge in [0.05, 0.1) is 0 Å². The highest BCUT2D eigenvalue weighted by atomic mass is 15.1. The van der Waals surface area contributed by atoms with Crippen molar-refractivity contribution in [2.45, 2.75) is 6.42 Å². The van der Waals surface area contributed by atoms with Gasteiger partial charge in [-0.3, -0.25) is 0 Å². The fourth-order valence-electron chi connectivity index (χ4n) is 10.0. The zero-order valence-corrected chi connectivity index (χ0v) is 37.0. The Hall–Kier alpha value is -8.72. The summed E-state index contributed by atoms with van der Waals surface area (Å²) in [6.07, 6.45) is 0.825. The van der Waals surface area contributed by atoms with Crippen molar-refractivity contribution in [1.82, 2.24) is 0 Å². The Morgan fingerprint density at radius 3 is 1.04 bits per heavy atom.